The van der Waals surface area contributed by atoms with E-state index in [1.165, 1.54) is 0 Å². The predicted molar refractivity (Wildman–Crippen MR) is 478 cm³/mol. The normalized spacial score (nSPS) is 13.2. The topological polar surface area (TPSA) is 43.4 Å². The number of fused-ring (bicyclic) bond motifs is 14. The Bertz CT molecular complexity index is 6200. The Labute approximate surface area is 670 Å². The standard InChI is InChI=1S/C106H71B3N2O4/c1-106(2,3)78-62-87-97-88(63-78)111(103-81(72-42-24-10-25-43-72)48-29-49-82(103)73-44-26-11-27-45-73)90-65-96-101-105(115-94-57-53-77(69-36-18-7-19-37-69)61-86(94)108(101)84-59-75(51-55-92(84)113-96)67-32-14-5-15-33-67)99(90)109(97)98-89(110(87)102-79(70-38-20-8-21-39-70)46-28-47-80(102)71-40-22-9-23-41-71)64-95-100-104(98)114-93-56-52-76(68-34-16-6-17-35-68)60-85(93)107(100)83-58-74(50-54-91(83)112-95)66-30-12-4-13-31-66/h4-65H,1-3H3. The molecule has 0 fully saturated rings. The van der Waals surface area contributed by atoms with Crippen molar-refractivity contribution in [1.29, 1.82) is 0 Å². The van der Waals surface area contributed by atoms with Gasteiger partial charge in [0.25, 0.3) is 20.1 Å². The number of ether oxygens (including phenoxy) is 4. The molecule has 0 saturated heterocycles. The molecule has 9 heteroatoms. The monoisotopic (exact) mass is 1470 g/mol. The summed E-state index contributed by atoms with van der Waals surface area (Å²) >= 11 is 0. The fourth-order valence-electron chi connectivity index (χ4n) is 19.2. The van der Waals surface area contributed by atoms with Crippen molar-refractivity contribution in [3.63, 3.8) is 0 Å². The molecule has 17 aromatic carbocycles. The van der Waals surface area contributed by atoms with Gasteiger partial charge in [-0.05, 0) is 152 Å². The number of anilines is 6. The fraction of sp³-hybridized carbons (Fsp3) is 0.0377. The molecule has 0 spiro atoms. The maximum Gasteiger partial charge on any atom is 0.261 e. The largest absolute Gasteiger partial charge is 0.459 e. The highest BCUT2D eigenvalue weighted by Crippen LogP contribution is 2.57. The van der Waals surface area contributed by atoms with Crippen LogP contribution in [0.5, 0.6) is 46.0 Å². The highest BCUT2D eigenvalue weighted by molar-refractivity contribution is 7.05. The third-order valence-corrected chi connectivity index (χ3v) is 24.4. The van der Waals surface area contributed by atoms with Crippen molar-refractivity contribution in [2.24, 2.45) is 0 Å². The van der Waals surface area contributed by atoms with Crippen molar-refractivity contribution in [3.8, 4) is 135 Å². The van der Waals surface area contributed by atoms with E-state index in [0.29, 0.717) is 0 Å². The maximum absolute atomic E-state index is 8.28. The van der Waals surface area contributed by atoms with Crippen LogP contribution in [0.2, 0.25) is 0 Å². The summed E-state index contributed by atoms with van der Waals surface area (Å²) in [4.78, 5) is 5.24. The summed E-state index contributed by atoms with van der Waals surface area (Å²) < 4.78 is 32.1. The number of nitrogens with zero attached hydrogens (tertiary/aromatic N) is 2. The van der Waals surface area contributed by atoms with E-state index < -0.39 is 12.1 Å². The van der Waals surface area contributed by atoms with E-state index in [4.69, 9.17) is 18.9 Å². The quantitative estimate of drug-likeness (QED) is 0.127. The summed E-state index contributed by atoms with van der Waals surface area (Å²) in [6.07, 6.45) is 0. The predicted octanol–water partition coefficient (Wildman–Crippen LogP) is 21.9. The van der Waals surface area contributed by atoms with Crippen LogP contribution in [-0.2, 0) is 5.41 Å². The Morgan fingerprint density at radius 2 is 0.470 bits per heavy atom. The van der Waals surface area contributed by atoms with E-state index in [9.17, 15) is 0 Å². The molecule has 0 N–H and O–H groups in total. The first-order valence-corrected chi connectivity index (χ1v) is 39.9. The minimum atomic E-state index is -0.629. The van der Waals surface area contributed by atoms with Crippen LogP contribution in [0, 0.1) is 0 Å². The van der Waals surface area contributed by atoms with Crippen LogP contribution in [0.4, 0.5) is 34.1 Å². The summed E-state index contributed by atoms with van der Waals surface area (Å²) in [6.45, 7) is 5.70. The molecular formula is C106H71B3N2O4. The molecule has 6 aliphatic heterocycles. The average molecular weight is 1470 g/mol. The lowest BCUT2D eigenvalue weighted by atomic mass is 9.28. The molecule has 538 valence electrons. The zero-order valence-electron chi connectivity index (χ0n) is 63.6. The fourth-order valence-corrected chi connectivity index (χ4v) is 19.2. The molecule has 0 radical (unpaired) electrons. The van der Waals surface area contributed by atoms with Gasteiger partial charge in [-0.15, -0.1) is 0 Å². The van der Waals surface area contributed by atoms with E-state index in [2.05, 4.69) is 407 Å². The van der Waals surface area contributed by atoms with Gasteiger partial charge in [-0.25, -0.2) is 0 Å². The lowest BCUT2D eigenvalue weighted by molar-refractivity contribution is 0.466. The van der Waals surface area contributed by atoms with Gasteiger partial charge in [0.1, 0.15) is 46.0 Å². The van der Waals surface area contributed by atoms with Crippen LogP contribution < -0.4 is 77.9 Å². The molecule has 0 bridgehead atoms. The SMILES string of the molecule is CC(C)(C)c1cc2c3c(c1)N(c1c(-c4ccccc4)cccc1-c1ccccc1)c1cc4c5c(c1B3c1c(cc3c6c1Oc1ccc(-c7ccccc7)cc1B6c1cc(-c6ccccc6)ccc1O3)N2c1c(-c2ccccc2)cccc1-c1ccccc1)Oc1ccc(-c2ccccc2)cc1B5c1cc(-c2ccccc2)ccc1O4. The van der Waals surface area contributed by atoms with Gasteiger partial charge >= 0.3 is 0 Å². The minimum Gasteiger partial charge on any atom is -0.459 e. The third-order valence-electron chi connectivity index (χ3n) is 24.4. The van der Waals surface area contributed by atoms with Crippen molar-refractivity contribution >= 4 is 103 Å². The van der Waals surface area contributed by atoms with Gasteiger partial charge in [-0.2, -0.15) is 0 Å². The zero-order valence-corrected chi connectivity index (χ0v) is 63.6. The average Bonchev–Trinajstić information content (AvgIpc) is 0.666. The number of hydrogen-bond acceptors (Lipinski definition) is 6. The molecule has 0 atom stereocenters. The van der Waals surface area contributed by atoms with Crippen LogP contribution >= 0.6 is 0 Å². The van der Waals surface area contributed by atoms with E-state index in [1.807, 2.05) is 0 Å². The van der Waals surface area contributed by atoms with Gasteiger partial charge < -0.3 is 28.7 Å². The second-order valence-electron chi connectivity index (χ2n) is 32.0. The number of benzene rings is 17. The van der Waals surface area contributed by atoms with Crippen molar-refractivity contribution in [2.45, 2.75) is 26.2 Å². The second-order valence-corrected chi connectivity index (χ2v) is 32.0. The number of para-hydroxylation sites is 2. The van der Waals surface area contributed by atoms with Gasteiger partial charge in [0.15, 0.2) is 0 Å². The Balaban J connectivity index is 0.905. The van der Waals surface area contributed by atoms with Crippen LogP contribution in [-0.4, -0.2) is 20.1 Å². The molecular weight excluding hydrogens is 1400 g/mol. The molecule has 6 nitrogen and oxygen atoms in total. The summed E-state index contributed by atoms with van der Waals surface area (Å²) in [5.74, 6) is 6.07. The molecule has 115 heavy (non-hydrogen) atoms. The van der Waals surface area contributed by atoms with Crippen LogP contribution in [0.15, 0.2) is 376 Å². The highest BCUT2D eigenvalue weighted by Gasteiger charge is 2.55. The molecule has 0 amide bonds. The number of hydrogen-bond donors (Lipinski definition) is 0. The smallest absolute Gasteiger partial charge is 0.261 e. The van der Waals surface area contributed by atoms with E-state index in [0.717, 1.165) is 224 Å². The van der Waals surface area contributed by atoms with Gasteiger partial charge in [-0.3, -0.25) is 0 Å². The van der Waals surface area contributed by atoms with Crippen molar-refractivity contribution in [2.75, 3.05) is 9.80 Å². The molecule has 0 aromatic heterocycles. The summed E-state index contributed by atoms with van der Waals surface area (Å²) in [7, 11) is 0. The van der Waals surface area contributed by atoms with Crippen molar-refractivity contribution in [1.82, 2.24) is 0 Å². The Morgan fingerprint density at radius 3 is 0.748 bits per heavy atom. The van der Waals surface area contributed by atoms with E-state index >= 15 is 0 Å². The molecule has 17 aromatic rings. The first-order chi connectivity index (χ1) is 56.7. The van der Waals surface area contributed by atoms with Gasteiger partial charge in [0, 0.05) is 68.1 Å². The maximum atomic E-state index is 8.28. The molecule has 0 unspecified atom stereocenters. The minimum absolute atomic E-state index is 0.369. The zero-order chi connectivity index (χ0) is 76.1. The van der Waals surface area contributed by atoms with Crippen LogP contribution in [0.3, 0.4) is 0 Å². The van der Waals surface area contributed by atoms with E-state index in [1.54, 1.807) is 0 Å². The Kier molecular flexibility index (Phi) is 15.1. The highest BCUT2D eigenvalue weighted by atomic mass is 16.5. The summed E-state index contributed by atoms with van der Waals surface area (Å²) in [5, 5.41) is 0. The van der Waals surface area contributed by atoms with E-state index in [-0.39, 0.29) is 13.4 Å². The van der Waals surface area contributed by atoms with Crippen LogP contribution in [0.1, 0.15) is 26.3 Å². The second kappa shape index (κ2) is 26.2. The molecule has 0 saturated carbocycles. The van der Waals surface area contributed by atoms with Crippen molar-refractivity contribution < 1.29 is 18.9 Å². The van der Waals surface area contributed by atoms with Gasteiger partial charge in [-0.1, -0.05) is 348 Å². The van der Waals surface area contributed by atoms with Crippen molar-refractivity contribution in [3.05, 3.63) is 382 Å². The Hall–Kier alpha value is -14.3. The molecule has 23 rings (SSSR count). The summed E-state index contributed by atoms with van der Waals surface area (Å²) in [6, 6.07) is 137. The number of rotatable bonds is 10. The molecule has 6 heterocycles. The van der Waals surface area contributed by atoms with Crippen LogP contribution in [0.25, 0.3) is 89.0 Å². The molecule has 0 aliphatic carbocycles. The first kappa shape index (κ1) is 66.5. The van der Waals surface area contributed by atoms with Gasteiger partial charge in [0.2, 0.25) is 0 Å². The lowest BCUT2D eigenvalue weighted by Crippen LogP contribution is -2.67. The lowest BCUT2D eigenvalue weighted by Gasteiger charge is -2.48. The third kappa shape index (κ3) is 10.6. The first-order valence-electron chi connectivity index (χ1n) is 39.9. The summed E-state index contributed by atoms with van der Waals surface area (Å²) in [5.41, 5.74) is 33.3. The Morgan fingerprint density at radius 1 is 0.209 bits per heavy atom. The molecule has 6 aliphatic rings. The van der Waals surface area contributed by atoms with Gasteiger partial charge in [0.05, 0.1) is 11.4 Å².